The van der Waals surface area contributed by atoms with Gasteiger partial charge in [0, 0.05) is 24.3 Å². The van der Waals surface area contributed by atoms with Gasteiger partial charge in [0.2, 0.25) is 76.8 Å². The van der Waals surface area contributed by atoms with Gasteiger partial charge >= 0.3 is 11.9 Å². The van der Waals surface area contributed by atoms with E-state index in [0.717, 1.165) is 6.92 Å². The number of aliphatic hydroxyl groups is 4. The Labute approximate surface area is 592 Å². The third kappa shape index (κ3) is 31.6. The normalized spacial score (nSPS) is 15.7. The number of rotatable bonds is 47. The molecule has 1 aromatic carbocycles. The number of carboxylic acids is 2. The maximum atomic E-state index is 14.1. The minimum absolute atomic E-state index is 0.0319. The fourth-order valence-corrected chi connectivity index (χ4v) is 9.90. The lowest BCUT2D eigenvalue weighted by Crippen LogP contribution is -2.63. The first-order chi connectivity index (χ1) is 46.9. The van der Waals surface area contributed by atoms with Crippen molar-refractivity contribution in [1.82, 2.24) is 69.1 Å². The van der Waals surface area contributed by atoms with Crippen LogP contribution in [0.25, 0.3) is 0 Å². The van der Waals surface area contributed by atoms with Crippen LogP contribution < -0.4 is 80.6 Å². The lowest BCUT2D eigenvalue weighted by atomic mass is 9.99. The maximum absolute atomic E-state index is 14.1. The summed E-state index contributed by atoms with van der Waals surface area (Å²) in [4.78, 5) is 199. The van der Waals surface area contributed by atoms with Crippen molar-refractivity contribution in [2.45, 2.75) is 184 Å². The summed E-state index contributed by atoms with van der Waals surface area (Å²) in [5, 5.41) is 101. The third-order valence-corrected chi connectivity index (χ3v) is 16.3. The van der Waals surface area contributed by atoms with Crippen LogP contribution in [0.1, 0.15) is 92.6 Å². The number of carboxylic acid groups (broad SMARTS) is 2. The van der Waals surface area contributed by atoms with Gasteiger partial charge in [0.05, 0.1) is 32.0 Å². The van der Waals surface area contributed by atoms with Crippen LogP contribution in [-0.2, 0) is 78.3 Å². The number of nitrogens with one attached hydrogen (secondary N) is 13. The monoisotopic (exact) mass is 1480 g/mol. The lowest BCUT2D eigenvalue weighted by Gasteiger charge is -2.29. The van der Waals surface area contributed by atoms with Crippen molar-refractivity contribution < 1.29 is 108 Å². The maximum Gasteiger partial charge on any atom is 0.325 e. The second-order valence-electron chi connectivity index (χ2n) is 23.9. The molecule has 0 unspecified atom stereocenters. The summed E-state index contributed by atoms with van der Waals surface area (Å²) >= 11 is 9.46. The summed E-state index contributed by atoms with van der Waals surface area (Å²) in [5.41, 5.74) is 11.5. The Morgan fingerprint density at radius 3 is 1.20 bits per heavy atom. The van der Waals surface area contributed by atoms with E-state index in [1.54, 1.807) is 6.26 Å². The van der Waals surface area contributed by atoms with Gasteiger partial charge < -0.3 is 116 Å². The zero-order valence-corrected chi connectivity index (χ0v) is 59.3. The van der Waals surface area contributed by atoms with Crippen molar-refractivity contribution in [1.29, 1.82) is 0 Å². The molecule has 0 saturated carbocycles. The third-order valence-electron chi connectivity index (χ3n) is 14.9. The summed E-state index contributed by atoms with van der Waals surface area (Å²) in [7, 11) is 0. The highest BCUT2D eigenvalue weighted by atomic mass is 32.2. The largest absolute Gasteiger partial charge is 0.508 e. The van der Waals surface area contributed by atoms with Gasteiger partial charge in [-0.2, -0.15) is 37.0 Å². The number of hydrogen-bond acceptors (Lipinski definition) is 25. The molecule has 100 heavy (non-hydrogen) atoms. The molecule has 1 aromatic rings. The average Bonchev–Trinajstić information content (AvgIpc) is 0.858. The number of carbonyl (C=O) groups is 15. The van der Waals surface area contributed by atoms with E-state index in [9.17, 15) is 108 Å². The minimum atomic E-state index is -1.88. The Morgan fingerprint density at radius 2 is 0.780 bits per heavy atom. The van der Waals surface area contributed by atoms with Gasteiger partial charge in [-0.15, -0.1) is 0 Å². The Kier molecular flexibility index (Phi) is 41.6. The van der Waals surface area contributed by atoms with E-state index in [1.807, 2.05) is 0 Å². The van der Waals surface area contributed by atoms with Gasteiger partial charge in [0.25, 0.3) is 0 Å². The van der Waals surface area contributed by atoms with Crippen molar-refractivity contribution >= 4 is 126 Å². The van der Waals surface area contributed by atoms with Crippen molar-refractivity contribution in [3.05, 3.63) is 29.8 Å². The lowest BCUT2D eigenvalue weighted by molar-refractivity contribution is -0.142. The van der Waals surface area contributed by atoms with Crippen LogP contribution >= 0.6 is 37.0 Å². The summed E-state index contributed by atoms with van der Waals surface area (Å²) < 4.78 is 0. The zero-order valence-electron chi connectivity index (χ0n) is 56.7. The molecule has 15 atom stereocenters. The predicted octanol–water partition coefficient (Wildman–Crippen LogP) is -8.03. The first kappa shape index (κ1) is 89.9. The number of benzene rings is 1. The molecule has 0 radical (unpaired) electrons. The number of phenols is 1. The van der Waals surface area contributed by atoms with E-state index < -0.39 is 223 Å². The van der Waals surface area contributed by atoms with Crippen LogP contribution in [0.2, 0.25) is 0 Å². The van der Waals surface area contributed by atoms with Crippen LogP contribution in [0.5, 0.6) is 5.75 Å². The van der Waals surface area contributed by atoms with Gasteiger partial charge in [0.1, 0.15) is 84.3 Å². The number of thiol groups is 2. The molecule has 0 aliphatic rings. The molecule has 0 heterocycles. The molecular weight excluding hydrogens is 1380 g/mol. The molecule has 0 aliphatic carbocycles. The summed E-state index contributed by atoms with van der Waals surface area (Å²) in [6.45, 7) is 6.60. The number of aromatic hydroxyl groups is 1. The molecule has 0 bridgehead atoms. The van der Waals surface area contributed by atoms with Crippen LogP contribution in [-0.4, -0.2) is 265 Å². The van der Waals surface area contributed by atoms with E-state index in [4.69, 9.17) is 11.5 Å². The summed E-state index contributed by atoms with van der Waals surface area (Å²) in [6.07, 6.45) is -0.827. The van der Waals surface area contributed by atoms with E-state index >= 15 is 0 Å². The van der Waals surface area contributed by atoms with Gasteiger partial charge in [-0.25, -0.2) is 0 Å². The van der Waals surface area contributed by atoms with Crippen molar-refractivity contribution in [2.24, 2.45) is 23.3 Å². The minimum Gasteiger partial charge on any atom is -0.508 e. The summed E-state index contributed by atoms with van der Waals surface area (Å²) in [6, 6.07) is -16.6. The smallest absolute Gasteiger partial charge is 0.325 e. The Bertz CT molecular complexity index is 2940. The second kappa shape index (κ2) is 46.3. The number of carbonyl (C=O) groups excluding carboxylic acids is 13. The average molecular weight is 1480 g/mol. The van der Waals surface area contributed by atoms with Crippen LogP contribution in [0.4, 0.5) is 0 Å². The number of amides is 13. The zero-order chi connectivity index (χ0) is 76.3. The van der Waals surface area contributed by atoms with Crippen molar-refractivity contribution in [2.75, 3.05) is 49.9 Å². The fraction of sp³-hybridized carbons (Fsp3) is 0.650. The molecule has 0 saturated heterocycles. The van der Waals surface area contributed by atoms with Crippen LogP contribution in [0.15, 0.2) is 24.3 Å². The molecule has 40 heteroatoms. The predicted molar refractivity (Wildman–Crippen MR) is 367 cm³/mol. The fourth-order valence-electron chi connectivity index (χ4n) is 8.91. The molecular formula is C60H99N15O22S3. The van der Waals surface area contributed by atoms with Crippen LogP contribution in [0.3, 0.4) is 0 Å². The van der Waals surface area contributed by atoms with Gasteiger partial charge in [-0.1, -0.05) is 39.8 Å². The van der Waals surface area contributed by atoms with E-state index in [1.165, 1.54) is 77.6 Å². The highest BCUT2D eigenvalue weighted by Gasteiger charge is 2.39. The van der Waals surface area contributed by atoms with E-state index in [0.29, 0.717) is 18.4 Å². The molecule has 0 aliphatic heterocycles. The Balaban J connectivity index is 3.33. The molecule has 564 valence electrons. The SMILES string of the molecule is CSCC[C@H](NC(=O)[C@H](CO)NC(=O)[C@H](CS)NC(=O)[C@H](CO)NC(=O)[C@@H](NC(=O)[C@@H](NC(=O)[C@H](CS)NC(=O)[C@H](CCC(=O)O)NC(=O)[C@H](C)N)C(C)C)C(C)C)C(=O)N[C@@H](CO)C(=O)N[C@@H](Cc1ccc(O)cc1)C(=O)N[C@H](C(=O)N[C@@H](CCCCN)C(=O)N[C@@H](C)C(=O)O)[C@@H](C)O. The number of hydrogen-bond donors (Lipinski definition) is 24. The quantitative estimate of drug-likeness (QED) is 0.0213. The number of thioether (sulfide) groups is 1. The molecule has 37 nitrogen and oxygen atoms in total. The highest BCUT2D eigenvalue weighted by Crippen LogP contribution is 2.14. The van der Waals surface area contributed by atoms with Gasteiger partial charge in [0.15, 0.2) is 0 Å². The van der Waals surface area contributed by atoms with Crippen LogP contribution in [0, 0.1) is 11.8 Å². The number of phenolic OH excluding ortho intramolecular Hbond substituents is 1. The van der Waals surface area contributed by atoms with Gasteiger partial charge in [-0.05, 0) is 101 Å². The van der Waals surface area contributed by atoms with E-state index in [-0.39, 0.29) is 49.5 Å². The number of aliphatic hydroxyl groups excluding tert-OH is 4. The molecule has 0 fully saturated rings. The first-order valence-electron chi connectivity index (χ1n) is 31.8. The molecule has 1 rings (SSSR count). The Hall–Kier alpha value is -8.12. The topological polar surface area (TPSA) is 606 Å². The molecule has 24 N–H and O–H groups in total. The number of nitrogens with two attached hydrogens (primary N) is 2. The molecule has 0 aromatic heterocycles. The Morgan fingerprint density at radius 1 is 0.440 bits per heavy atom. The van der Waals surface area contributed by atoms with E-state index in [2.05, 4.69) is 94.4 Å². The summed E-state index contributed by atoms with van der Waals surface area (Å²) in [5.74, 6) is -18.6. The standard InChI is InChI=1S/C60H99N15O22S3/c1-27(2)44(74-58(94)45(28(3)4)73-56(92)42(26-99)71-49(85)35(16-17-43(81)82)64-47(83)29(5)62)57(93)70-40(24-78)54(90)72-41(25-98)55(91)69-38(22-76)52(88)65-36(18-20-100-8)50(86)68-39(23-77)53(89)67-37(21-32-12-14-33(80)15-13-32)51(87)75-46(31(7)79)59(95)66-34(11-9-10-19-61)48(84)63-30(6)60(96)97/h12-15,27-31,34-42,44-46,76-80,98-99H,9-11,16-26,61-62H2,1-8H3,(H,63,84)(H,64,83)(H,65,88)(H,66,95)(H,67,89)(H,68,86)(H,69,91)(H,70,93)(H,71,85)(H,72,90)(H,73,92)(H,74,94)(H,75,87)(H,81,82)(H,96,97)/t29-,30-,31+,34-,35-,36-,37-,38-,39-,40-,41-,42-,44-,45-,46-/m0/s1. The molecule has 0 spiro atoms. The van der Waals surface area contributed by atoms with Gasteiger partial charge in [-0.3, -0.25) is 71.9 Å². The highest BCUT2D eigenvalue weighted by molar-refractivity contribution is 7.98. The van der Waals surface area contributed by atoms with Crippen molar-refractivity contribution in [3.63, 3.8) is 0 Å². The number of aliphatic carboxylic acids is 2. The number of unbranched alkanes of at least 4 members (excludes halogenated alkanes) is 1. The first-order valence-corrected chi connectivity index (χ1v) is 34.5. The van der Waals surface area contributed by atoms with Crippen molar-refractivity contribution in [3.8, 4) is 5.75 Å². The second-order valence-corrected chi connectivity index (χ2v) is 25.6. The molecule has 13 amide bonds.